The molecule has 0 bridgehead atoms. The van der Waals surface area contributed by atoms with Gasteiger partial charge in [-0.25, -0.2) is 9.59 Å². The molecule has 0 aromatic carbocycles. The van der Waals surface area contributed by atoms with Gasteiger partial charge in [0.1, 0.15) is 10.4 Å². The number of thiophene rings is 1. The number of nitrogens with one attached hydrogen (secondary N) is 1. The highest BCUT2D eigenvalue weighted by molar-refractivity contribution is 7.12. The maximum atomic E-state index is 12.6. The molecule has 1 saturated heterocycles. The van der Waals surface area contributed by atoms with Crippen molar-refractivity contribution in [2.45, 2.75) is 39.3 Å². The summed E-state index contributed by atoms with van der Waals surface area (Å²) in [5.74, 6) is -0.434. The van der Waals surface area contributed by atoms with Crippen molar-refractivity contribution in [3.05, 3.63) is 21.9 Å². The first-order valence-corrected chi connectivity index (χ1v) is 7.95. The third kappa shape index (κ3) is 2.99. The monoisotopic (exact) mass is 324 g/mol. The summed E-state index contributed by atoms with van der Waals surface area (Å²) < 4.78 is 4.71. The van der Waals surface area contributed by atoms with Gasteiger partial charge in [0.15, 0.2) is 0 Å². The quantitative estimate of drug-likeness (QED) is 0.666. The van der Waals surface area contributed by atoms with Crippen molar-refractivity contribution < 1.29 is 19.1 Å². The lowest BCUT2D eigenvalue weighted by Gasteiger charge is -2.23. The topological polar surface area (TPSA) is 75.7 Å². The molecule has 0 radical (unpaired) electrons. The minimum atomic E-state index is -0.882. The molecule has 2 rings (SSSR count). The zero-order valence-corrected chi connectivity index (χ0v) is 14.0. The van der Waals surface area contributed by atoms with Crippen LogP contribution in [-0.2, 0) is 16.1 Å². The van der Waals surface area contributed by atoms with Crippen molar-refractivity contribution in [3.63, 3.8) is 0 Å². The van der Waals surface area contributed by atoms with Crippen LogP contribution in [0.3, 0.4) is 0 Å². The number of carbonyl (C=O) groups excluding carboxylic acids is 3. The first-order valence-electron chi connectivity index (χ1n) is 7.07. The maximum absolute atomic E-state index is 12.6. The van der Waals surface area contributed by atoms with Crippen LogP contribution in [0.15, 0.2) is 11.4 Å². The number of amides is 3. The molecule has 22 heavy (non-hydrogen) atoms. The van der Waals surface area contributed by atoms with Gasteiger partial charge in [-0.15, -0.1) is 11.3 Å². The van der Waals surface area contributed by atoms with Crippen molar-refractivity contribution in [2.75, 3.05) is 7.11 Å². The number of ether oxygens (including phenoxy) is 1. The molecule has 1 aromatic heterocycles. The lowest BCUT2D eigenvalue weighted by Crippen LogP contribution is -2.44. The molecule has 1 aromatic rings. The van der Waals surface area contributed by atoms with Crippen LogP contribution in [0.2, 0.25) is 0 Å². The van der Waals surface area contributed by atoms with Crippen LogP contribution in [0, 0.1) is 5.92 Å². The number of methoxy groups -OCH3 is 1. The molecule has 1 aliphatic rings. The Morgan fingerprint density at radius 2 is 2.14 bits per heavy atom. The van der Waals surface area contributed by atoms with E-state index >= 15 is 0 Å². The predicted molar refractivity (Wildman–Crippen MR) is 82.6 cm³/mol. The molecule has 120 valence electrons. The first-order chi connectivity index (χ1) is 10.3. The van der Waals surface area contributed by atoms with Crippen LogP contribution in [0.5, 0.6) is 0 Å². The van der Waals surface area contributed by atoms with Crippen LogP contribution >= 0.6 is 11.3 Å². The molecule has 1 aliphatic heterocycles. The fraction of sp³-hybridized carbons (Fsp3) is 0.533. The summed E-state index contributed by atoms with van der Waals surface area (Å²) in [6.07, 6.45) is 0.571. The Labute approximate surface area is 133 Å². The van der Waals surface area contributed by atoms with Gasteiger partial charge < -0.3 is 10.1 Å². The molecule has 7 heteroatoms. The number of carbonyl (C=O) groups is 3. The van der Waals surface area contributed by atoms with E-state index in [1.165, 1.54) is 18.4 Å². The van der Waals surface area contributed by atoms with Crippen molar-refractivity contribution in [1.82, 2.24) is 10.2 Å². The number of hydrogen-bond acceptors (Lipinski definition) is 5. The molecule has 1 fully saturated rings. The zero-order valence-electron chi connectivity index (χ0n) is 13.1. The fourth-order valence-corrected chi connectivity index (χ4v) is 3.58. The second-order valence-corrected chi connectivity index (χ2v) is 6.93. The van der Waals surface area contributed by atoms with Crippen LogP contribution in [0.1, 0.15) is 42.4 Å². The zero-order chi connectivity index (χ0) is 16.5. The molecule has 3 amide bonds. The first kappa shape index (κ1) is 16.5. The van der Waals surface area contributed by atoms with E-state index in [0.717, 1.165) is 4.90 Å². The van der Waals surface area contributed by atoms with Crippen molar-refractivity contribution in [3.8, 4) is 0 Å². The molecular formula is C15H20N2O4S. The Bertz CT molecular complexity index is 610. The van der Waals surface area contributed by atoms with Gasteiger partial charge in [-0.05, 0) is 36.3 Å². The summed E-state index contributed by atoms with van der Waals surface area (Å²) in [5, 5.41) is 4.50. The predicted octanol–water partition coefficient (Wildman–Crippen LogP) is 2.39. The SMILES string of the molecule is COC(=O)c1sccc1CN1C(=O)N[C@](C)(CC(C)C)C1=O. The van der Waals surface area contributed by atoms with Crippen molar-refractivity contribution >= 4 is 29.2 Å². The Morgan fingerprint density at radius 3 is 2.73 bits per heavy atom. The molecule has 2 heterocycles. The fourth-order valence-electron chi connectivity index (χ4n) is 2.75. The highest BCUT2D eigenvalue weighted by atomic mass is 32.1. The molecule has 0 aliphatic carbocycles. The van der Waals surface area contributed by atoms with Crippen LogP contribution in [-0.4, -0.2) is 35.5 Å². The standard InChI is InChI=1S/C15H20N2O4S/c1-9(2)7-15(3)13(19)17(14(20)16-15)8-10-5-6-22-11(10)12(18)21-4/h5-6,9H,7-8H2,1-4H3,(H,16,20)/t15-/m1/s1. The number of urea groups is 1. The van der Waals surface area contributed by atoms with Gasteiger partial charge in [-0.3, -0.25) is 9.69 Å². The molecule has 0 spiro atoms. The minimum absolute atomic E-state index is 0.0757. The Morgan fingerprint density at radius 1 is 1.45 bits per heavy atom. The Hall–Kier alpha value is -1.89. The van der Waals surface area contributed by atoms with Crippen LogP contribution < -0.4 is 5.32 Å². The van der Waals surface area contributed by atoms with Crippen molar-refractivity contribution in [1.29, 1.82) is 0 Å². The summed E-state index contributed by atoms with van der Waals surface area (Å²) >= 11 is 1.23. The second-order valence-electron chi connectivity index (χ2n) is 6.02. The highest BCUT2D eigenvalue weighted by Crippen LogP contribution is 2.28. The summed E-state index contributed by atoms with van der Waals surface area (Å²) in [6.45, 7) is 5.82. The number of nitrogens with zero attached hydrogens (tertiary/aromatic N) is 1. The van der Waals surface area contributed by atoms with Crippen LogP contribution in [0.25, 0.3) is 0 Å². The van der Waals surface area contributed by atoms with Gasteiger partial charge >= 0.3 is 12.0 Å². The number of hydrogen-bond donors (Lipinski definition) is 1. The van der Waals surface area contributed by atoms with Gasteiger partial charge in [0, 0.05) is 0 Å². The largest absolute Gasteiger partial charge is 0.465 e. The van der Waals surface area contributed by atoms with Gasteiger partial charge in [0.05, 0.1) is 13.7 Å². The summed E-state index contributed by atoms with van der Waals surface area (Å²) in [6, 6.07) is 1.31. The van der Waals surface area contributed by atoms with E-state index in [9.17, 15) is 14.4 Å². The van der Waals surface area contributed by atoms with Gasteiger partial charge in [0.2, 0.25) is 0 Å². The van der Waals surface area contributed by atoms with E-state index in [1.807, 2.05) is 13.8 Å². The summed E-state index contributed by atoms with van der Waals surface area (Å²) in [5.41, 5.74) is -0.263. The summed E-state index contributed by atoms with van der Waals surface area (Å²) in [4.78, 5) is 38.0. The highest BCUT2D eigenvalue weighted by Gasteiger charge is 2.47. The second kappa shape index (κ2) is 6.08. The lowest BCUT2D eigenvalue weighted by molar-refractivity contribution is -0.131. The summed E-state index contributed by atoms with van der Waals surface area (Å²) in [7, 11) is 1.30. The Balaban J connectivity index is 2.21. The van der Waals surface area contributed by atoms with E-state index in [4.69, 9.17) is 4.74 Å². The normalized spacial score (nSPS) is 21.4. The van der Waals surface area contributed by atoms with E-state index in [1.54, 1.807) is 18.4 Å². The van der Waals surface area contributed by atoms with E-state index < -0.39 is 17.5 Å². The lowest BCUT2D eigenvalue weighted by atomic mass is 9.91. The van der Waals surface area contributed by atoms with E-state index in [-0.39, 0.29) is 18.4 Å². The van der Waals surface area contributed by atoms with E-state index in [2.05, 4.69) is 5.32 Å². The third-order valence-corrected chi connectivity index (χ3v) is 4.54. The molecule has 0 unspecified atom stereocenters. The Kier molecular flexibility index (Phi) is 4.55. The van der Waals surface area contributed by atoms with Gasteiger partial charge in [0.25, 0.3) is 5.91 Å². The average molecular weight is 324 g/mol. The number of imide groups is 1. The third-order valence-electron chi connectivity index (χ3n) is 3.61. The van der Waals surface area contributed by atoms with Gasteiger partial charge in [-0.1, -0.05) is 13.8 Å². The van der Waals surface area contributed by atoms with E-state index in [0.29, 0.717) is 16.9 Å². The number of esters is 1. The molecule has 6 nitrogen and oxygen atoms in total. The number of rotatable bonds is 5. The maximum Gasteiger partial charge on any atom is 0.348 e. The molecule has 1 N–H and O–H groups in total. The molecule has 1 atom stereocenters. The van der Waals surface area contributed by atoms with Gasteiger partial charge in [-0.2, -0.15) is 0 Å². The minimum Gasteiger partial charge on any atom is -0.465 e. The smallest absolute Gasteiger partial charge is 0.348 e. The van der Waals surface area contributed by atoms with Crippen molar-refractivity contribution in [2.24, 2.45) is 5.92 Å². The molecular weight excluding hydrogens is 304 g/mol. The van der Waals surface area contributed by atoms with Crippen LogP contribution in [0.4, 0.5) is 4.79 Å². The average Bonchev–Trinajstić information content (AvgIpc) is 2.96. The molecule has 0 saturated carbocycles.